The molecule has 1 heterocycles. The first-order valence-electron chi connectivity index (χ1n) is 4.72. The molecular formula is C9H18N2O. The van der Waals surface area contributed by atoms with Gasteiger partial charge in [0, 0.05) is 19.5 Å². The summed E-state index contributed by atoms with van der Waals surface area (Å²) < 4.78 is 0. The van der Waals surface area contributed by atoms with Crippen molar-refractivity contribution in [3.63, 3.8) is 0 Å². The number of amides is 1. The predicted molar refractivity (Wildman–Crippen MR) is 48.9 cm³/mol. The molecule has 3 nitrogen and oxygen atoms in total. The Morgan fingerprint density at radius 2 is 2.42 bits per heavy atom. The lowest BCUT2D eigenvalue weighted by Crippen LogP contribution is -2.50. The van der Waals surface area contributed by atoms with Gasteiger partial charge in [0.25, 0.3) is 0 Å². The molecule has 2 unspecified atom stereocenters. The normalized spacial score (nSPS) is 29.8. The lowest BCUT2D eigenvalue weighted by Gasteiger charge is -2.31. The summed E-state index contributed by atoms with van der Waals surface area (Å²) >= 11 is 0. The van der Waals surface area contributed by atoms with E-state index in [1.54, 1.807) is 6.92 Å². The summed E-state index contributed by atoms with van der Waals surface area (Å²) in [6.45, 7) is 5.79. The quantitative estimate of drug-likeness (QED) is 0.634. The monoisotopic (exact) mass is 170 g/mol. The van der Waals surface area contributed by atoms with Crippen molar-refractivity contribution in [3.8, 4) is 0 Å². The van der Waals surface area contributed by atoms with E-state index in [2.05, 4.69) is 17.6 Å². The van der Waals surface area contributed by atoms with Gasteiger partial charge in [-0.15, -0.1) is 0 Å². The zero-order valence-corrected chi connectivity index (χ0v) is 7.89. The maximum atomic E-state index is 10.8. The molecule has 2 N–H and O–H groups in total. The third kappa shape index (κ3) is 2.48. The SMILES string of the molecule is CCC1CCNCC1NC(C)=O. The first kappa shape index (κ1) is 9.52. The molecule has 1 aliphatic heterocycles. The summed E-state index contributed by atoms with van der Waals surface area (Å²) in [6, 6.07) is 0.348. The molecule has 70 valence electrons. The van der Waals surface area contributed by atoms with Crippen molar-refractivity contribution in [3.05, 3.63) is 0 Å². The molecule has 0 aliphatic carbocycles. The van der Waals surface area contributed by atoms with E-state index >= 15 is 0 Å². The van der Waals surface area contributed by atoms with Crippen molar-refractivity contribution in [2.45, 2.75) is 32.7 Å². The number of carbonyl (C=O) groups is 1. The molecule has 2 atom stereocenters. The lowest BCUT2D eigenvalue weighted by molar-refractivity contribution is -0.120. The fourth-order valence-electron chi connectivity index (χ4n) is 1.83. The van der Waals surface area contributed by atoms with Crippen molar-refractivity contribution in [2.24, 2.45) is 5.92 Å². The number of nitrogens with one attached hydrogen (secondary N) is 2. The summed E-state index contributed by atoms with van der Waals surface area (Å²) in [5.41, 5.74) is 0. The highest BCUT2D eigenvalue weighted by Crippen LogP contribution is 2.15. The first-order valence-corrected chi connectivity index (χ1v) is 4.72. The highest BCUT2D eigenvalue weighted by molar-refractivity contribution is 5.73. The van der Waals surface area contributed by atoms with Gasteiger partial charge in [-0.1, -0.05) is 13.3 Å². The minimum absolute atomic E-state index is 0.0853. The van der Waals surface area contributed by atoms with Gasteiger partial charge in [-0.25, -0.2) is 0 Å². The molecule has 0 aromatic rings. The third-order valence-electron chi connectivity index (χ3n) is 2.54. The van der Waals surface area contributed by atoms with Gasteiger partial charge in [0.15, 0.2) is 0 Å². The van der Waals surface area contributed by atoms with Crippen LogP contribution in [-0.4, -0.2) is 25.0 Å². The van der Waals surface area contributed by atoms with Crippen molar-refractivity contribution in [1.82, 2.24) is 10.6 Å². The van der Waals surface area contributed by atoms with Gasteiger partial charge in [0.2, 0.25) is 5.91 Å². The van der Waals surface area contributed by atoms with Crippen LogP contribution < -0.4 is 10.6 Å². The van der Waals surface area contributed by atoms with Gasteiger partial charge in [-0.2, -0.15) is 0 Å². The van der Waals surface area contributed by atoms with Gasteiger partial charge in [-0.3, -0.25) is 4.79 Å². The van der Waals surface area contributed by atoms with Crippen LogP contribution in [-0.2, 0) is 4.79 Å². The molecule has 3 heteroatoms. The molecule has 12 heavy (non-hydrogen) atoms. The summed E-state index contributed by atoms with van der Waals surface area (Å²) in [4.78, 5) is 10.8. The minimum atomic E-state index is 0.0853. The Balaban J connectivity index is 2.41. The van der Waals surface area contributed by atoms with E-state index < -0.39 is 0 Å². The smallest absolute Gasteiger partial charge is 0.217 e. The summed E-state index contributed by atoms with van der Waals surface area (Å²) in [5.74, 6) is 0.748. The number of piperidine rings is 1. The number of hydrogen-bond acceptors (Lipinski definition) is 2. The Morgan fingerprint density at radius 3 is 3.00 bits per heavy atom. The molecule has 0 saturated carbocycles. The number of rotatable bonds is 2. The molecular weight excluding hydrogens is 152 g/mol. The van der Waals surface area contributed by atoms with Crippen LogP contribution in [0.4, 0.5) is 0 Å². The first-order chi connectivity index (χ1) is 5.74. The zero-order chi connectivity index (χ0) is 8.97. The van der Waals surface area contributed by atoms with Crippen LogP contribution in [0.25, 0.3) is 0 Å². The van der Waals surface area contributed by atoms with Crippen molar-refractivity contribution < 1.29 is 4.79 Å². The predicted octanol–water partition coefficient (Wildman–Crippen LogP) is 0.511. The minimum Gasteiger partial charge on any atom is -0.352 e. The summed E-state index contributed by atoms with van der Waals surface area (Å²) in [6.07, 6.45) is 2.34. The molecule has 1 amide bonds. The Kier molecular flexibility index (Phi) is 3.53. The zero-order valence-electron chi connectivity index (χ0n) is 7.89. The van der Waals surface area contributed by atoms with Crippen molar-refractivity contribution in [2.75, 3.05) is 13.1 Å². The molecule has 1 rings (SSSR count). The molecule has 0 spiro atoms. The lowest BCUT2D eigenvalue weighted by atomic mass is 9.90. The van der Waals surface area contributed by atoms with Crippen molar-refractivity contribution >= 4 is 5.91 Å². The van der Waals surface area contributed by atoms with E-state index in [-0.39, 0.29) is 5.91 Å². The molecule has 1 saturated heterocycles. The van der Waals surface area contributed by atoms with E-state index in [1.807, 2.05) is 0 Å². The Bertz CT molecular complexity index is 159. The second-order valence-electron chi connectivity index (χ2n) is 3.47. The van der Waals surface area contributed by atoms with Crippen LogP contribution in [0.2, 0.25) is 0 Å². The van der Waals surface area contributed by atoms with E-state index in [4.69, 9.17) is 0 Å². The van der Waals surface area contributed by atoms with Crippen molar-refractivity contribution in [1.29, 1.82) is 0 Å². The topological polar surface area (TPSA) is 41.1 Å². The molecule has 1 fully saturated rings. The maximum absolute atomic E-state index is 10.8. The average Bonchev–Trinajstić information content (AvgIpc) is 2.04. The largest absolute Gasteiger partial charge is 0.352 e. The van der Waals surface area contributed by atoms with Crippen LogP contribution in [0, 0.1) is 5.92 Å². The molecule has 0 radical (unpaired) electrons. The van der Waals surface area contributed by atoms with E-state index in [9.17, 15) is 4.79 Å². The van der Waals surface area contributed by atoms with E-state index in [0.29, 0.717) is 12.0 Å². The highest BCUT2D eigenvalue weighted by atomic mass is 16.1. The Morgan fingerprint density at radius 1 is 1.67 bits per heavy atom. The van der Waals surface area contributed by atoms with Crippen LogP contribution >= 0.6 is 0 Å². The van der Waals surface area contributed by atoms with Crippen LogP contribution in [0.15, 0.2) is 0 Å². The molecule has 0 bridgehead atoms. The number of carbonyl (C=O) groups excluding carboxylic acids is 1. The fraction of sp³-hybridized carbons (Fsp3) is 0.889. The second kappa shape index (κ2) is 4.45. The average molecular weight is 170 g/mol. The van der Waals surface area contributed by atoms with Crippen LogP contribution in [0.1, 0.15) is 26.7 Å². The van der Waals surface area contributed by atoms with Gasteiger partial charge in [0.05, 0.1) is 0 Å². The standard InChI is InChI=1S/C9H18N2O/c1-3-8-4-5-10-6-9(8)11-7(2)12/h8-10H,3-6H2,1-2H3,(H,11,12). The second-order valence-corrected chi connectivity index (χ2v) is 3.47. The Hall–Kier alpha value is -0.570. The maximum Gasteiger partial charge on any atom is 0.217 e. The van der Waals surface area contributed by atoms with Gasteiger partial charge >= 0.3 is 0 Å². The van der Waals surface area contributed by atoms with Gasteiger partial charge in [-0.05, 0) is 18.9 Å². The third-order valence-corrected chi connectivity index (χ3v) is 2.54. The Labute approximate surface area is 73.9 Å². The highest BCUT2D eigenvalue weighted by Gasteiger charge is 2.23. The fourth-order valence-corrected chi connectivity index (χ4v) is 1.83. The molecule has 0 aromatic heterocycles. The van der Waals surface area contributed by atoms with Crippen LogP contribution in [0.3, 0.4) is 0 Å². The van der Waals surface area contributed by atoms with Gasteiger partial charge in [0.1, 0.15) is 0 Å². The van der Waals surface area contributed by atoms with Crippen LogP contribution in [0.5, 0.6) is 0 Å². The van der Waals surface area contributed by atoms with E-state index in [1.165, 1.54) is 6.42 Å². The molecule has 0 aromatic carbocycles. The van der Waals surface area contributed by atoms with E-state index in [0.717, 1.165) is 19.5 Å². The summed E-state index contributed by atoms with van der Waals surface area (Å²) in [5, 5.41) is 6.27. The summed E-state index contributed by atoms with van der Waals surface area (Å²) in [7, 11) is 0. The number of hydrogen-bond donors (Lipinski definition) is 2. The van der Waals surface area contributed by atoms with Gasteiger partial charge < -0.3 is 10.6 Å². The molecule has 1 aliphatic rings.